The Balaban J connectivity index is 2.33. The topological polar surface area (TPSA) is 115 Å². The van der Waals surface area contributed by atoms with Crippen molar-refractivity contribution in [1.29, 1.82) is 0 Å². The van der Waals surface area contributed by atoms with E-state index in [9.17, 15) is 28.7 Å². The molecule has 2 atom stereocenters. The van der Waals surface area contributed by atoms with E-state index in [1.807, 2.05) is 0 Å². The van der Waals surface area contributed by atoms with Crippen LogP contribution in [0.15, 0.2) is 54.6 Å². The van der Waals surface area contributed by atoms with Crippen LogP contribution in [-0.4, -0.2) is 19.6 Å². The molecule has 0 saturated carbocycles. The van der Waals surface area contributed by atoms with Gasteiger partial charge in [0.2, 0.25) is 0 Å². The van der Waals surface area contributed by atoms with Crippen molar-refractivity contribution in [2.24, 2.45) is 0 Å². The maximum atomic E-state index is 12.5. The third-order valence-electron chi connectivity index (χ3n) is 4.70. The third kappa shape index (κ3) is 2.70. The Hall–Kier alpha value is -1.26. The molecule has 2 unspecified atom stereocenters. The second-order valence-corrected chi connectivity index (χ2v) is 9.65. The SMILES string of the molecule is O=P(O)(O)C1CCC(c2ccccc2)(P(=O)(O)O)c2ccccc21. The number of hydrogen-bond donors (Lipinski definition) is 4. The average molecular weight is 368 g/mol. The van der Waals surface area contributed by atoms with Crippen LogP contribution in [0.25, 0.3) is 0 Å². The highest BCUT2D eigenvalue weighted by molar-refractivity contribution is 7.53. The minimum Gasteiger partial charge on any atom is -0.324 e. The summed E-state index contributed by atoms with van der Waals surface area (Å²) in [4.78, 5) is 39.7. The minimum absolute atomic E-state index is 0.00129. The van der Waals surface area contributed by atoms with Crippen molar-refractivity contribution in [1.82, 2.24) is 0 Å². The maximum Gasteiger partial charge on any atom is 0.340 e. The van der Waals surface area contributed by atoms with E-state index in [-0.39, 0.29) is 12.8 Å². The second-order valence-electron chi connectivity index (χ2n) is 6.00. The quantitative estimate of drug-likeness (QED) is 0.619. The zero-order valence-electron chi connectivity index (χ0n) is 12.7. The third-order valence-corrected chi connectivity index (χ3v) is 7.77. The fraction of sp³-hybridized carbons (Fsp3) is 0.250. The van der Waals surface area contributed by atoms with Crippen molar-refractivity contribution in [2.45, 2.75) is 23.7 Å². The lowest BCUT2D eigenvalue weighted by Gasteiger charge is -2.42. The summed E-state index contributed by atoms with van der Waals surface area (Å²) in [5, 5.41) is -1.59. The van der Waals surface area contributed by atoms with Gasteiger partial charge < -0.3 is 19.6 Å². The van der Waals surface area contributed by atoms with Crippen molar-refractivity contribution in [3.05, 3.63) is 71.3 Å². The lowest BCUT2D eigenvalue weighted by Crippen LogP contribution is -2.33. The Labute approximate surface area is 139 Å². The fourth-order valence-corrected chi connectivity index (χ4v) is 6.11. The van der Waals surface area contributed by atoms with Gasteiger partial charge >= 0.3 is 15.2 Å². The number of benzene rings is 2. The molecule has 0 saturated heterocycles. The van der Waals surface area contributed by atoms with E-state index < -0.39 is 26.0 Å². The standard InChI is InChI=1S/C16H18O6P2/c17-23(18,19)15-10-11-16(24(20,21)22,12-6-2-1-3-7-12)14-9-5-4-8-13(14)15/h1-9,15H,10-11H2,(H2,17,18,19)(H2,20,21,22). The highest BCUT2D eigenvalue weighted by atomic mass is 31.2. The van der Waals surface area contributed by atoms with E-state index in [1.165, 1.54) is 0 Å². The Bertz CT molecular complexity index is 841. The largest absolute Gasteiger partial charge is 0.340 e. The smallest absolute Gasteiger partial charge is 0.324 e. The number of hydrogen-bond acceptors (Lipinski definition) is 2. The van der Waals surface area contributed by atoms with Crippen molar-refractivity contribution in [2.75, 3.05) is 0 Å². The molecule has 0 bridgehead atoms. The van der Waals surface area contributed by atoms with Crippen LogP contribution in [0.5, 0.6) is 0 Å². The highest BCUT2D eigenvalue weighted by Gasteiger charge is 2.55. The minimum atomic E-state index is -4.66. The van der Waals surface area contributed by atoms with Crippen LogP contribution in [0.4, 0.5) is 0 Å². The second kappa shape index (κ2) is 5.92. The van der Waals surface area contributed by atoms with Crippen LogP contribution in [-0.2, 0) is 14.3 Å². The van der Waals surface area contributed by atoms with E-state index in [0.29, 0.717) is 16.7 Å². The Kier molecular flexibility index (Phi) is 4.33. The predicted octanol–water partition coefficient (Wildman–Crippen LogP) is 3.12. The molecule has 1 aliphatic carbocycles. The Morgan fingerprint density at radius 1 is 0.875 bits per heavy atom. The number of rotatable bonds is 3. The first-order valence-electron chi connectivity index (χ1n) is 7.44. The van der Waals surface area contributed by atoms with Crippen LogP contribution in [0, 0.1) is 0 Å². The van der Waals surface area contributed by atoms with Crippen molar-refractivity contribution in [3.8, 4) is 0 Å². The summed E-state index contributed by atoms with van der Waals surface area (Å²) >= 11 is 0. The molecule has 4 N–H and O–H groups in total. The van der Waals surface area contributed by atoms with Crippen molar-refractivity contribution in [3.63, 3.8) is 0 Å². The molecule has 0 spiro atoms. The fourth-order valence-electron chi connectivity index (χ4n) is 3.63. The summed E-state index contributed by atoms with van der Waals surface area (Å²) in [5.74, 6) is 0. The van der Waals surface area contributed by atoms with Crippen molar-refractivity contribution >= 4 is 15.2 Å². The van der Waals surface area contributed by atoms with Gasteiger partial charge in [-0.15, -0.1) is 0 Å². The van der Waals surface area contributed by atoms with Gasteiger partial charge in [0, 0.05) is 0 Å². The molecule has 0 radical (unpaired) electrons. The molecular formula is C16H18O6P2. The molecule has 0 aliphatic heterocycles. The van der Waals surface area contributed by atoms with Crippen LogP contribution < -0.4 is 0 Å². The zero-order chi connectivity index (χ0) is 17.6. The van der Waals surface area contributed by atoms with Gasteiger partial charge in [0.05, 0.1) is 5.66 Å². The molecule has 2 aromatic rings. The van der Waals surface area contributed by atoms with Crippen LogP contribution >= 0.6 is 15.2 Å². The van der Waals surface area contributed by atoms with Crippen LogP contribution in [0.1, 0.15) is 35.2 Å². The average Bonchev–Trinajstić information content (AvgIpc) is 2.52. The molecular weight excluding hydrogens is 350 g/mol. The van der Waals surface area contributed by atoms with Gasteiger partial charge in [-0.05, 0) is 29.5 Å². The van der Waals surface area contributed by atoms with Gasteiger partial charge in [0.15, 0.2) is 0 Å². The molecule has 3 rings (SSSR count). The molecule has 0 heterocycles. The lowest BCUT2D eigenvalue weighted by atomic mass is 9.77. The summed E-state index contributed by atoms with van der Waals surface area (Å²) < 4.78 is 24.4. The van der Waals surface area contributed by atoms with Gasteiger partial charge in [-0.25, -0.2) is 0 Å². The molecule has 2 aromatic carbocycles. The highest BCUT2D eigenvalue weighted by Crippen LogP contribution is 2.70. The van der Waals surface area contributed by atoms with E-state index in [4.69, 9.17) is 0 Å². The summed E-state index contributed by atoms with van der Waals surface area (Å²) in [7, 11) is -9.08. The monoisotopic (exact) mass is 368 g/mol. The Morgan fingerprint density at radius 3 is 2.04 bits per heavy atom. The Morgan fingerprint density at radius 2 is 1.46 bits per heavy atom. The first-order valence-corrected chi connectivity index (χ1v) is 10.7. The summed E-state index contributed by atoms with van der Waals surface area (Å²) in [6, 6.07) is 14.8. The summed E-state index contributed by atoms with van der Waals surface area (Å²) in [5.41, 5.74) is 0.0143. The van der Waals surface area contributed by atoms with Gasteiger partial charge in [0.1, 0.15) is 5.16 Å². The molecule has 128 valence electrons. The van der Waals surface area contributed by atoms with Gasteiger partial charge in [0.25, 0.3) is 0 Å². The van der Waals surface area contributed by atoms with Gasteiger partial charge in [-0.1, -0.05) is 54.6 Å². The molecule has 6 nitrogen and oxygen atoms in total. The van der Waals surface area contributed by atoms with E-state index in [1.54, 1.807) is 54.6 Å². The molecule has 0 aromatic heterocycles. The number of fused-ring (bicyclic) bond motifs is 1. The van der Waals surface area contributed by atoms with E-state index in [0.717, 1.165) is 0 Å². The van der Waals surface area contributed by atoms with Crippen LogP contribution in [0.3, 0.4) is 0 Å². The lowest BCUT2D eigenvalue weighted by molar-refractivity contribution is 0.312. The van der Waals surface area contributed by atoms with Gasteiger partial charge in [-0.3, -0.25) is 9.13 Å². The summed E-state index contributed by atoms with van der Waals surface area (Å²) in [6.07, 6.45) is -0.0324. The molecule has 8 heteroatoms. The predicted molar refractivity (Wildman–Crippen MR) is 89.7 cm³/mol. The molecule has 1 aliphatic rings. The zero-order valence-corrected chi connectivity index (χ0v) is 14.5. The van der Waals surface area contributed by atoms with Gasteiger partial charge in [-0.2, -0.15) is 0 Å². The molecule has 0 amide bonds. The van der Waals surface area contributed by atoms with Crippen molar-refractivity contribution < 1.29 is 28.7 Å². The maximum absolute atomic E-state index is 12.5. The molecule has 0 fully saturated rings. The first kappa shape index (κ1) is 17.6. The van der Waals surface area contributed by atoms with Crippen LogP contribution in [0.2, 0.25) is 0 Å². The normalized spacial score (nSPS) is 24.4. The van der Waals surface area contributed by atoms with E-state index >= 15 is 0 Å². The van der Waals surface area contributed by atoms with E-state index in [2.05, 4.69) is 0 Å². The molecule has 24 heavy (non-hydrogen) atoms. The first-order chi connectivity index (χ1) is 11.2. The summed E-state index contributed by atoms with van der Waals surface area (Å²) in [6.45, 7) is 0.